The fourth-order valence-electron chi connectivity index (χ4n) is 0. The van der Waals surface area contributed by atoms with Gasteiger partial charge in [-0.15, -0.1) is 0 Å². The van der Waals surface area contributed by atoms with Crippen LogP contribution in [0.25, 0.3) is 0 Å². The molecule has 3 N–H and O–H groups in total. The second-order valence-corrected chi connectivity index (χ2v) is 1.56. The van der Waals surface area contributed by atoms with Gasteiger partial charge in [0.15, 0.2) is 0 Å². The summed E-state index contributed by atoms with van der Waals surface area (Å²) in [4.78, 5) is 27.0. The molecular weight excluding hydrogens is 202 g/mol. The summed E-state index contributed by atoms with van der Waals surface area (Å²) in [6.45, 7) is 3.25. The molecule has 0 aromatic heterocycles. The Morgan fingerprint density at radius 2 is 0.786 bits per heavy atom. The van der Waals surface area contributed by atoms with Crippen molar-refractivity contribution in [3.63, 3.8) is 0 Å². The van der Waals surface area contributed by atoms with Crippen LogP contribution in [0.2, 0.25) is 0 Å². The summed E-state index contributed by atoms with van der Waals surface area (Å²) in [5, 5.41) is 22.2. The summed E-state index contributed by atoms with van der Waals surface area (Å²) in [7, 11) is 0. The van der Waals surface area contributed by atoms with E-state index in [2.05, 4.69) is 0 Å². The molecule has 79 valence electrons. The maximum absolute atomic E-state index is 9.00. The number of aliphatic carboxylic acids is 3. The molecule has 0 aromatic rings. The molecule has 6 nitrogen and oxygen atoms in total. The zero-order valence-corrected chi connectivity index (χ0v) is 7.64. The van der Waals surface area contributed by atoms with Gasteiger partial charge < -0.3 is 15.3 Å². The number of hydrogen-bond donors (Lipinski definition) is 3. The zero-order chi connectivity index (χ0) is 10.7. The molecular formula is C6H15BNaO6. The van der Waals surface area contributed by atoms with Crippen molar-refractivity contribution in [2.24, 2.45) is 0 Å². The Labute approximate surface area is 108 Å². The summed E-state index contributed by atoms with van der Waals surface area (Å²) in [6.07, 6.45) is 0. The van der Waals surface area contributed by atoms with Gasteiger partial charge in [0.25, 0.3) is 17.9 Å². The van der Waals surface area contributed by atoms with Crippen molar-refractivity contribution in [3.8, 4) is 0 Å². The molecule has 8 heteroatoms. The van der Waals surface area contributed by atoms with E-state index in [-0.39, 0.29) is 39.4 Å². The van der Waals surface area contributed by atoms with E-state index in [1.54, 1.807) is 0 Å². The van der Waals surface area contributed by atoms with E-state index in [0.29, 0.717) is 0 Å². The molecule has 0 bridgehead atoms. The van der Waals surface area contributed by atoms with E-state index in [1.165, 1.54) is 0 Å². The second-order valence-electron chi connectivity index (χ2n) is 1.56. The number of carbonyl (C=O) groups is 3. The maximum atomic E-state index is 9.00. The average Bonchev–Trinajstić information content (AvgIpc) is 1.54. The number of carboxylic acids is 3. The number of rotatable bonds is 0. The minimum absolute atomic E-state index is 0. The average molecular weight is 217 g/mol. The summed E-state index contributed by atoms with van der Waals surface area (Å²) in [5.74, 6) is -2.50. The molecule has 0 saturated carbocycles. The van der Waals surface area contributed by atoms with Crippen LogP contribution in [0.15, 0.2) is 0 Å². The van der Waals surface area contributed by atoms with E-state index in [1.807, 2.05) is 0 Å². The first-order valence-electron chi connectivity index (χ1n) is 2.78. The number of hydrogen-bond acceptors (Lipinski definition) is 3. The van der Waals surface area contributed by atoms with Crippen molar-refractivity contribution in [2.45, 2.75) is 20.8 Å². The van der Waals surface area contributed by atoms with Crippen molar-refractivity contribution in [1.29, 1.82) is 0 Å². The molecule has 0 amide bonds. The van der Waals surface area contributed by atoms with Crippen LogP contribution in [0, 0.1) is 0 Å². The van der Waals surface area contributed by atoms with Crippen LogP contribution >= 0.6 is 0 Å². The molecule has 14 heavy (non-hydrogen) atoms. The van der Waals surface area contributed by atoms with Crippen LogP contribution < -0.4 is 0 Å². The first-order chi connectivity index (χ1) is 5.20. The van der Waals surface area contributed by atoms with Crippen LogP contribution in [0.3, 0.4) is 0 Å². The third-order valence-corrected chi connectivity index (χ3v) is 0. The normalized spacial score (nSPS) is 5.36. The summed E-state index contributed by atoms with van der Waals surface area (Å²) < 4.78 is 0. The van der Waals surface area contributed by atoms with Gasteiger partial charge in [-0.25, -0.2) is 0 Å². The molecule has 0 fully saturated rings. The molecule has 0 aliphatic heterocycles. The molecule has 0 aromatic carbocycles. The quantitative estimate of drug-likeness (QED) is 0.471. The minimum atomic E-state index is -0.833. The van der Waals surface area contributed by atoms with Crippen molar-refractivity contribution < 1.29 is 31.1 Å². The molecule has 0 aliphatic carbocycles. The summed E-state index contributed by atoms with van der Waals surface area (Å²) in [6, 6.07) is 0. The fraction of sp³-hybridized carbons (Fsp3) is 0.500. The third-order valence-electron chi connectivity index (χ3n) is 0. The van der Waals surface area contributed by atoms with E-state index < -0.39 is 17.9 Å². The van der Waals surface area contributed by atoms with Gasteiger partial charge in [0.1, 0.15) is 0 Å². The Morgan fingerprint density at radius 3 is 0.786 bits per heavy atom. The first-order valence-corrected chi connectivity index (χ1v) is 2.78. The number of carboxylic acid groups (broad SMARTS) is 3. The third kappa shape index (κ3) is 4570. The summed E-state index contributed by atoms with van der Waals surface area (Å²) >= 11 is 0. The van der Waals surface area contributed by atoms with Crippen LogP contribution in [0.1, 0.15) is 22.2 Å². The molecule has 0 heterocycles. The van der Waals surface area contributed by atoms with Gasteiger partial charge in [0.05, 0.1) is 0 Å². The van der Waals surface area contributed by atoms with Crippen molar-refractivity contribution >= 4 is 55.9 Å². The van der Waals surface area contributed by atoms with Crippen molar-refractivity contribution in [3.05, 3.63) is 0 Å². The van der Waals surface area contributed by atoms with Gasteiger partial charge in [-0.3, -0.25) is 14.4 Å². The molecule has 0 spiro atoms. The molecule has 0 aliphatic rings. The van der Waals surface area contributed by atoms with Crippen LogP contribution in [0.5, 0.6) is 0 Å². The SMILES string of the molecule is CC(=O)O.CC(=O)O.CC(=O)O.[B].[HH].[NaH]. The molecule has 3 radical (unpaired) electrons. The van der Waals surface area contributed by atoms with Crippen LogP contribution in [0.4, 0.5) is 0 Å². The Morgan fingerprint density at radius 1 is 0.786 bits per heavy atom. The van der Waals surface area contributed by atoms with E-state index in [9.17, 15) is 0 Å². The molecule has 0 saturated heterocycles. The standard InChI is InChI=1S/3C2H4O2.B.Na.H2.H/c3*1-2(3)4;;;;/h3*1H3,(H,3,4);;;1H;. The van der Waals surface area contributed by atoms with Gasteiger partial charge in [-0.2, -0.15) is 0 Å². The van der Waals surface area contributed by atoms with Gasteiger partial charge in [0, 0.05) is 30.6 Å². The summed E-state index contributed by atoms with van der Waals surface area (Å²) in [5.41, 5.74) is 0. The van der Waals surface area contributed by atoms with Gasteiger partial charge in [-0.1, -0.05) is 0 Å². The Balaban J connectivity index is -0.0000000184. The first kappa shape index (κ1) is 29.2. The van der Waals surface area contributed by atoms with Crippen molar-refractivity contribution in [1.82, 2.24) is 0 Å². The Hall–Kier alpha value is -0.525. The van der Waals surface area contributed by atoms with E-state index >= 15 is 0 Å². The van der Waals surface area contributed by atoms with Crippen LogP contribution in [-0.2, 0) is 14.4 Å². The van der Waals surface area contributed by atoms with Crippen LogP contribution in [-0.4, -0.2) is 71.2 Å². The molecule has 0 unspecified atom stereocenters. The monoisotopic (exact) mass is 217 g/mol. The Kier molecular flexibility index (Phi) is 47.7. The predicted octanol–water partition coefficient (Wildman–Crippen LogP) is -0.511. The second kappa shape index (κ2) is 22.9. The molecule has 0 rings (SSSR count). The fourth-order valence-corrected chi connectivity index (χ4v) is 0. The van der Waals surface area contributed by atoms with Crippen molar-refractivity contribution in [2.75, 3.05) is 0 Å². The van der Waals surface area contributed by atoms with Gasteiger partial charge >= 0.3 is 29.6 Å². The van der Waals surface area contributed by atoms with E-state index in [0.717, 1.165) is 20.8 Å². The van der Waals surface area contributed by atoms with E-state index in [4.69, 9.17) is 29.7 Å². The topological polar surface area (TPSA) is 112 Å². The van der Waals surface area contributed by atoms with Gasteiger partial charge in [-0.05, 0) is 0 Å². The Bertz CT molecular complexity index is 125. The zero-order valence-electron chi connectivity index (χ0n) is 7.64. The predicted molar refractivity (Wildman–Crippen MR) is 54.9 cm³/mol. The van der Waals surface area contributed by atoms with Gasteiger partial charge in [0.2, 0.25) is 0 Å². The molecule has 0 atom stereocenters.